The van der Waals surface area contributed by atoms with Crippen molar-refractivity contribution in [2.75, 3.05) is 0 Å². The molecule has 1 rings (SSSR count). The lowest BCUT2D eigenvalue weighted by molar-refractivity contribution is 0.0698. The van der Waals surface area contributed by atoms with Crippen molar-refractivity contribution in [1.82, 2.24) is 0 Å². The van der Waals surface area contributed by atoms with Crippen LogP contribution >= 0.6 is 0 Å². The molecular weight excluding hydrogens is 214 g/mol. The number of carbonyl (C=O) groups is 1. The molecule has 0 spiro atoms. The monoisotopic (exact) mass is 233 g/mol. The Kier molecular flexibility index (Phi) is 6.00. The number of rotatable bonds is 7. The summed E-state index contributed by atoms with van der Waals surface area (Å²) in [4.78, 5) is 15.1. The molecule has 3 nitrogen and oxygen atoms in total. The van der Waals surface area contributed by atoms with Crippen LogP contribution in [-0.4, -0.2) is 17.3 Å². The van der Waals surface area contributed by atoms with E-state index in [1.54, 1.807) is 24.3 Å². The maximum atomic E-state index is 10.9. The normalized spacial score (nSPS) is 10.9. The summed E-state index contributed by atoms with van der Waals surface area (Å²) >= 11 is 0. The van der Waals surface area contributed by atoms with E-state index >= 15 is 0 Å². The van der Waals surface area contributed by atoms with E-state index < -0.39 is 5.97 Å². The van der Waals surface area contributed by atoms with Crippen molar-refractivity contribution >= 4 is 17.9 Å². The number of para-hydroxylation sites is 1. The number of hydrogen-bond donors (Lipinski definition) is 1. The van der Waals surface area contributed by atoms with Crippen molar-refractivity contribution in [3.05, 3.63) is 29.8 Å². The summed E-state index contributed by atoms with van der Waals surface area (Å²) in [5.41, 5.74) is 0.799. The number of aliphatic imine (C=N–C) groups is 1. The zero-order chi connectivity index (χ0) is 12.5. The second-order valence-electron chi connectivity index (χ2n) is 3.98. The van der Waals surface area contributed by atoms with Gasteiger partial charge in [-0.2, -0.15) is 0 Å². The van der Waals surface area contributed by atoms with Crippen molar-refractivity contribution in [2.24, 2.45) is 4.99 Å². The van der Waals surface area contributed by atoms with Crippen molar-refractivity contribution in [3.8, 4) is 0 Å². The topological polar surface area (TPSA) is 49.7 Å². The number of benzene rings is 1. The van der Waals surface area contributed by atoms with Crippen LogP contribution in [0.15, 0.2) is 29.3 Å². The van der Waals surface area contributed by atoms with Gasteiger partial charge < -0.3 is 5.11 Å². The Labute approximate surface area is 102 Å². The first-order valence-electron chi connectivity index (χ1n) is 6.10. The fourth-order valence-corrected chi connectivity index (χ4v) is 1.59. The Hall–Kier alpha value is -1.64. The zero-order valence-corrected chi connectivity index (χ0v) is 10.2. The summed E-state index contributed by atoms with van der Waals surface area (Å²) in [5, 5.41) is 8.96. The molecule has 0 radical (unpaired) electrons. The Morgan fingerprint density at radius 3 is 2.76 bits per heavy atom. The summed E-state index contributed by atoms with van der Waals surface area (Å²) in [6.45, 7) is 2.18. The fourth-order valence-electron chi connectivity index (χ4n) is 1.59. The van der Waals surface area contributed by atoms with Crippen molar-refractivity contribution in [1.29, 1.82) is 0 Å². The minimum Gasteiger partial charge on any atom is -0.478 e. The van der Waals surface area contributed by atoms with Gasteiger partial charge in [-0.1, -0.05) is 38.3 Å². The number of carboxylic acid groups (broad SMARTS) is 1. The van der Waals surface area contributed by atoms with Crippen LogP contribution < -0.4 is 0 Å². The third kappa shape index (κ3) is 4.81. The molecule has 0 saturated carbocycles. The minimum atomic E-state index is -0.927. The molecule has 0 heterocycles. The van der Waals surface area contributed by atoms with Crippen LogP contribution in [0.25, 0.3) is 0 Å². The average Bonchev–Trinajstić information content (AvgIpc) is 2.34. The van der Waals surface area contributed by atoms with Crippen LogP contribution in [0.4, 0.5) is 5.69 Å². The smallest absolute Gasteiger partial charge is 0.337 e. The molecule has 0 aromatic heterocycles. The molecule has 0 fully saturated rings. The van der Waals surface area contributed by atoms with E-state index in [-0.39, 0.29) is 5.56 Å². The number of hydrogen-bond acceptors (Lipinski definition) is 2. The van der Waals surface area contributed by atoms with E-state index in [2.05, 4.69) is 11.9 Å². The Morgan fingerprint density at radius 1 is 1.29 bits per heavy atom. The van der Waals surface area contributed by atoms with E-state index in [0.29, 0.717) is 5.69 Å². The summed E-state index contributed by atoms with van der Waals surface area (Å²) in [5.74, 6) is -0.927. The first kappa shape index (κ1) is 13.4. The largest absolute Gasteiger partial charge is 0.478 e. The maximum absolute atomic E-state index is 10.9. The van der Waals surface area contributed by atoms with E-state index in [0.717, 1.165) is 12.8 Å². The van der Waals surface area contributed by atoms with Crippen molar-refractivity contribution < 1.29 is 9.90 Å². The molecule has 17 heavy (non-hydrogen) atoms. The lowest BCUT2D eigenvalue weighted by Crippen LogP contribution is -1.95. The van der Waals surface area contributed by atoms with Crippen LogP contribution in [-0.2, 0) is 0 Å². The summed E-state index contributed by atoms with van der Waals surface area (Å²) < 4.78 is 0. The summed E-state index contributed by atoms with van der Waals surface area (Å²) in [7, 11) is 0. The first-order chi connectivity index (χ1) is 8.25. The van der Waals surface area contributed by atoms with Gasteiger partial charge in [0.05, 0.1) is 11.3 Å². The van der Waals surface area contributed by atoms with Crippen LogP contribution in [0.2, 0.25) is 0 Å². The predicted molar refractivity (Wildman–Crippen MR) is 70.3 cm³/mol. The van der Waals surface area contributed by atoms with Gasteiger partial charge in [0.25, 0.3) is 0 Å². The number of nitrogens with zero attached hydrogens (tertiary/aromatic N) is 1. The van der Waals surface area contributed by atoms with Gasteiger partial charge in [-0.15, -0.1) is 0 Å². The lowest BCUT2D eigenvalue weighted by atomic mass is 10.1. The zero-order valence-electron chi connectivity index (χ0n) is 10.2. The minimum absolute atomic E-state index is 0.261. The predicted octanol–water partition coefficient (Wildman–Crippen LogP) is 4.06. The molecule has 1 aromatic rings. The van der Waals surface area contributed by atoms with E-state index in [9.17, 15) is 4.79 Å². The van der Waals surface area contributed by atoms with Gasteiger partial charge in [0, 0.05) is 6.21 Å². The molecule has 0 amide bonds. The van der Waals surface area contributed by atoms with Gasteiger partial charge in [0.1, 0.15) is 0 Å². The molecule has 1 aromatic carbocycles. The highest BCUT2D eigenvalue weighted by Crippen LogP contribution is 2.18. The molecule has 0 bridgehead atoms. The number of carboxylic acids is 1. The average molecular weight is 233 g/mol. The highest BCUT2D eigenvalue weighted by atomic mass is 16.4. The second-order valence-corrected chi connectivity index (χ2v) is 3.98. The first-order valence-corrected chi connectivity index (χ1v) is 6.10. The molecule has 1 N–H and O–H groups in total. The molecule has 0 aliphatic heterocycles. The summed E-state index contributed by atoms with van der Waals surface area (Å²) in [6, 6.07) is 6.82. The van der Waals surface area contributed by atoms with E-state index in [4.69, 9.17) is 5.11 Å². The number of aromatic carboxylic acids is 1. The standard InChI is InChI=1S/C14H19NO2/c1-2-3-4-5-8-11-15-13-10-7-6-9-12(13)14(16)17/h6-7,9-11H,2-5,8H2,1H3,(H,16,17). The molecule has 3 heteroatoms. The van der Waals surface area contributed by atoms with Gasteiger partial charge in [-0.25, -0.2) is 4.79 Å². The van der Waals surface area contributed by atoms with Gasteiger partial charge in [0.2, 0.25) is 0 Å². The fraction of sp³-hybridized carbons (Fsp3) is 0.429. The Bertz CT molecular complexity index is 386. The molecule has 0 aliphatic rings. The van der Waals surface area contributed by atoms with Crippen LogP contribution in [0, 0.1) is 0 Å². The maximum Gasteiger partial charge on any atom is 0.337 e. The lowest BCUT2D eigenvalue weighted by Gasteiger charge is -1.99. The third-order valence-electron chi connectivity index (χ3n) is 2.55. The molecule has 0 aliphatic carbocycles. The molecule has 92 valence electrons. The van der Waals surface area contributed by atoms with Gasteiger partial charge in [0.15, 0.2) is 0 Å². The third-order valence-corrected chi connectivity index (χ3v) is 2.55. The van der Waals surface area contributed by atoms with Gasteiger partial charge in [-0.05, 0) is 25.0 Å². The van der Waals surface area contributed by atoms with E-state index in [1.807, 2.05) is 6.21 Å². The van der Waals surface area contributed by atoms with Gasteiger partial charge in [-0.3, -0.25) is 4.99 Å². The SMILES string of the molecule is CCCCCCC=Nc1ccccc1C(=O)O. The molecule has 0 atom stereocenters. The summed E-state index contributed by atoms with van der Waals surface area (Å²) in [6.07, 6.45) is 7.53. The molecule has 0 saturated heterocycles. The Balaban J connectivity index is 2.50. The van der Waals surface area contributed by atoms with Crippen molar-refractivity contribution in [2.45, 2.75) is 39.0 Å². The second kappa shape index (κ2) is 7.60. The van der Waals surface area contributed by atoms with Crippen molar-refractivity contribution in [3.63, 3.8) is 0 Å². The van der Waals surface area contributed by atoms with Crippen LogP contribution in [0.1, 0.15) is 49.4 Å². The molecular formula is C14H19NO2. The number of unbranched alkanes of at least 4 members (excludes halogenated alkanes) is 4. The quantitative estimate of drug-likeness (QED) is 0.570. The van der Waals surface area contributed by atoms with Crippen LogP contribution in [0.3, 0.4) is 0 Å². The molecule has 0 unspecified atom stereocenters. The highest BCUT2D eigenvalue weighted by molar-refractivity contribution is 5.94. The highest BCUT2D eigenvalue weighted by Gasteiger charge is 2.06. The Morgan fingerprint density at radius 2 is 2.06 bits per heavy atom. The van der Waals surface area contributed by atoms with Crippen LogP contribution in [0.5, 0.6) is 0 Å². The van der Waals surface area contributed by atoms with Gasteiger partial charge >= 0.3 is 5.97 Å². The van der Waals surface area contributed by atoms with E-state index in [1.165, 1.54) is 19.3 Å².